The monoisotopic (exact) mass is 473 g/mol. The van der Waals surface area contributed by atoms with Crippen LogP contribution in [0.15, 0.2) is 58.3 Å². The Balaban J connectivity index is 1.78. The molecule has 1 aliphatic heterocycles. The van der Waals surface area contributed by atoms with Gasteiger partial charge in [-0.25, -0.2) is 21.2 Å². The fourth-order valence-electron chi connectivity index (χ4n) is 3.03. The van der Waals surface area contributed by atoms with Gasteiger partial charge in [0.05, 0.1) is 9.79 Å². The van der Waals surface area contributed by atoms with Gasteiger partial charge in [0.15, 0.2) is 0 Å². The van der Waals surface area contributed by atoms with E-state index in [9.17, 15) is 26.0 Å². The van der Waals surface area contributed by atoms with E-state index in [1.54, 1.807) is 19.1 Å². The van der Waals surface area contributed by atoms with Crippen LogP contribution in [0.1, 0.15) is 12.0 Å². The lowest BCUT2D eigenvalue weighted by molar-refractivity contribution is -0.124. The van der Waals surface area contributed by atoms with Crippen LogP contribution in [0, 0.1) is 12.7 Å². The number of carbonyl (C=O) groups is 1. The van der Waals surface area contributed by atoms with Crippen molar-refractivity contribution in [1.29, 1.82) is 0 Å². The maximum absolute atomic E-state index is 13.5. The van der Waals surface area contributed by atoms with E-state index in [4.69, 9.17) is 0 Å². The first-order valence-corrected chi connectivity index (χ1v) is 12.3. The molecule has 12 heteroatoms. The van der Waals surface area contributed by atoms with E-state index in [0.717, 1.165) is 22.0 Å². The number of carbonyl (C=O) groups excluding carboxylic acids is 1. The van der Waals surface area contributed by atoms with Gasteiger partial charge in [0.2, 0.25) is 10.0 Å². The number of amides is 1. The van der Waals surface area contributed by atoms with Crippen LogP contribution in [0.3, 0.4) is 0 Å². The van der Waals surface area contributed by atoms with Crippen LogP contribution in [0.25, 0.3) is 0 Å². The third-order valence-corrected chi connectivity index (χ3v) is 8.09. The number of rotatable bonds is 6. The number of thiol groups is 1. The molecule has 0 unspecified atom stereocenters. The quantitative estimate of drug-likeness (QED) is 0.431. The summed E-state index contributed by atoms with van der Waals surface area (Å²) in [7, 11) is -8.24. The molecule has 0 bridgehead atoms. The van der Waals surface area contributed by atoms with Crippen molar-refractivity contribution in [2.75, 3.05) is 6.54 Å². The molecule has 1 amide bonds. The summed E-state index contributed by atoms with van der Waals surface area (Å²) in [5.41, 5.74) is 2.94. The van der Waals surface area contributed by atoms with Gasteiger partial charge in [-0.15, -0.1) is 4.83 Å². The zero-order valence-corrected chi connectivity index (χ0v) is 18.3. The van der Waals surface area contributed by atoms with Crippen LogP contribution in [0.4, 0.5) is 4.39 Å². The summed E-state index contributed by atoms with van der Waals surface area (Å²) in [6.07, 6.45) is 0.0652. The molecule has 0 aliphatic carbocycles. The lowest BCUT2D eigenvalue weighted by Crippen LogP contribution is -2.51. The molecule has 1 saturated heterocycles. The molecule has 2 aromatic carbocycles. The first-order chi connectivity index (χ1) is 14.0. The average Bonchev–Trinajstić information content (AvgIpc) is 3.09. The van der Waals surface area contributed by atoms with E-state index in [1.807, 2.05) is 4.83 Å². The van der Waals surface area contributed by atoms with Gasteiger partial charge in [-0.1, -0.05) is 23.8 Å². The van der Waals surface area contributed by atoms with Gasteiger partial charge in [-0.05, 0) is 43.7 Å². The van der Waals surface area contributed by atoms with Gasteiger partial charge in [0.1, 0.15) is 11.9 Å². The van der Waals surface area contributed by atoms with E-state index >= 15 is 0 Å². The van der Waals surface area contributed by atoms with Crippen LogP contribution in [-0.2, 0) is 24.8 Å². The molecular formula is C18H20FN3O5S3. The van der Waals surface area contributed by atoms with Crippen molar-refractivity contribution in [1.82, 2.24) is 14.6 Å². The number of benzene rings is 2. The van der Waals surface area contributed by atoms with Gasteiger partial charge in [-0.3, -0.25) is 10.2 Å². The van der Waals surface area contributed by atoms with E-state index in [1.165, 1.54) is 24.3 Å². The molecule has 2 aromatic rings. The van der Waals surface area contributed by atoms with Crippen molar-refractivity contribution in [3.8, 4) is 0 Å². The van der Waals surface area contributed by atoms with E-state index in [2.05, 4.69) is 18.1 Å². The molecule has 0 radical (unpaired) electrons. The molecule has 1 aliphatic rings. The number of nitrogens with zero attached hydrogens (tertiary/aromatic N) is 1. The molecular weight excluding hydrogens is 453 g/mol. The third-order valence-electron chi connectivity index (χ3n) is 4.58. The van der Waals surface area contributed by atoms with Crippen molar-refractivity contribution in [3.63, 3.8) is 0 Å². The van der Waals surface area contributed by atoms with Gasteiger partial charge >= 0.3 is 0 Å². The molecule has 3 rings (SSSR count). The van der Waals surface area contributed by atoms with Crippen molar-refractivity contribution in [2.24, 2.45) is 0 Å². The first kappa shape index (κ1) is 22.7. The topological polar surface area (TPSA) is 113 Å². The summed E-state index contributed by atoms with van der Waals surface area (Å²) in [6, 6.07) is 9.19. The predicted molar refractivity (Wildman–Crippen MR) is 111 cm³/mol. The first-order valence-electron chi connectivity index (χ1n) is 8.84. The van der Waals surface area contributed by atoms with Crippen molar-refractivity contribution >= 4 is 38.6 Å². The molecule has 0 spiro atoms. The molecule has 2 N–H and O–H groups in total. The summed E-state index contributed by atoms with van der Waals surface area (Å²) in [6.45, 7) is 1.72. The summed E-state index contributed by atoms with van der Waals surface area (Å²) >= 11 is 4.26. The van der Waals surface area contributed by atoms with E-state index < -0.39 is 43.1 Å². The number of aryl methyl sites for hydroxylation is 1. The van der Waals surface area contributed by atoms with Gasteiger partial charge in [0.25, 0.3) is 15.9 Å². The molecule has 8 nitrogen and oxygen atoms in total. The number of hydrogen-bond acceptors (Lipinski definition) is 6. The molecule has 1 fully saturated rings. The highest BCUT2D eigenvalue weighted by Gasteiger charge is 2.43. The molecule has 1 heterocycles. The molecule has 0 aromatic heterocycles. The largest absolute Gasteiger partial charge is 0.276 e. The second kappa shape index (κ2) is 8.63. The molecule has 30 heavy (non-hydrogen) atoms. The zero-order valence-electron chi connectivity index (χ0n) is 15.8. The van der Waals surface area contributed by atoms with Crippen molar-refractivity contribution < 1.29 is 26.0 Å². The SMILES string of the molecule is Cc1ccc(S(=O)(=O)NNC(=O)[C@@H]2C[C@@H](S)CN2S(=O)(=O)c2cccc(F)c2)cc1. The van der Waals surface area contributed by atoms with Gasteiger partial charge in [-0.2, -0.15) is 16.9 Å². The van der Waals surface area contributed by atoms with Gasteiger partial charge in [0, 0.05) is 11.8 Å². The zero-order chi connectivity index (χ0) is 22.1. The number of nitrogens with one attached hydrogen (secondary N) is 2. The standard InChI is InChI=1S/C18H20FN3O5S3/c1-12-5-7-15(8-6-12)29(24,25)21-20-18(23)17-10-14(28)11-22(17)30(26,27)16-4-2-3-13(19)9-16/h2-9,14,17,21,28H,10-11H2,1H3,(H,20,23)/t14-,17+/m1/s1. The summed E-state index contributed by atoms with van der Waals surface area (Å²) in [4.78, 5) is 14.2. The van der Waals surface area contributed by atoms with Gasteiger partial charge < -0.3 is 0 Å². The molecule has 162 valence electrons. The lowest BCUT2D eigenvalue weighted by Gasteiger charge is -2.23. The Morgan fingerprint density at radius 2 is 1.77 bits per heavy atom. The van der Waals surface area contributed by atoms with Crippen LogP contribution in [-0.4, -0.2) is 44.9 Å². The number of halogens is 1. The third kappa shape index (κ3) is 4.83. The summed E-state index contributed by atoms with van der Waals surface area (Å²) < 4.78 is 64.9. The highest BCUT2D eigenvalue weighted by atomic mass is 32.2. The van der Waals surface area contributed by atoms with Crippen LogP contribution in [0.2, 0.25) is 0 Å². The summed E-state index contributed by atoms with van der Waals surface area (Å²) in [5, 5.41) is -0.446. The Bertz CT molecular complexity index is 1150. The lowest BCUT2D eigenvalue weighted by atomic mass is 10.2. The van der Waals surface area contributed by atoms with Crippen LogP contribution < -0.4 is 10.3 Å². The maximum Gasteiger partial charge on any atom is 0.257 e. The minimum atomic E-state index is -4.19. The molecule has 2 atom stereocenters. The van der Waals surface area contributed by atoms with Crippen molar-refractivity contribution in [2.45, 2.75) is 34.4 Å². The normalized spacial score (nSPS) is 20.2. The van der Waals surface area contributed by atoms with Crippen LogP contribution in [0.5, 0.6) is 0 Å². The predicted octanol–water partition coefficient (Wildman–Crippen LogP) is 1.21. The van der Waals surface area contributed by atoms with Crippen LogP contribution >= 0.6 is 12.6 Å². The fourth-order valence-corrected chi connectivity index (χ4v) is 6.04. The Hall–Kier alpha value is -1.99. The fraction of sp³-hybridized carbons (Fsp3) is 0.278. The Morgan fingerprint density at radius 3 is 2.40 bits per heavy atom. The summed E-state index contributed by atoms with van der Waals surface area (Å²) in [5.74, 6) is -1.59. The van der Waals surface area contributed by atoms with E-state index in [-0.39, 0.29) is 22.8 Å². The minimum Gasteiger partial charge on any atom is -0.276 e. The second-order valence-electron chi connectivity index (χ2n) is 6.85. The Labute approximate surface area is 180 Å². The smallest absolute Gasteiger partial charge is 0.257 e. The van der Waals surface area contributed by atoms with E-state index in [0.29, 0.717) is 0 Å². The number of hydrazine groups is 1. The number of hydrogen-bond donors (Lipinski definition) is 3. The highest BCUT2D eigenvalue weighted by molar-refractivity contribution is 7.89. The molecule has 0 saturated carbocycles. The highest BCUT2D eigenvalue weighted by Crippen LogP contribution is 2.29. The second-order valence-corrected chi connectivity index (χ2v) is 11.1. The maximum atomic E-state index is 13.5. The van der Waals surface area contributed by atoms with Crippen molar-refractivity contribution in [3.05, 3.63) is 59.9 Å². The Kier molecular flexibility index (Phi) is 6.53. The average molecular weight is 474 g/mol. The Morgan fingerprint density at radius 1 is 1.10 bits per heavy atom. The minimum absolute atomic E-state index is 0.0591. The number of sulfonamides is 2.